The molecule has 0 fully saturated rings. The zero-order valence-electron chi connectivity index (χ0n) is 14.1. The van der Waals surface area contributed by atoms with Crippen molar-refractivity contribution in [2.24, 2.45) is 0 Å². The number of nitrogens with one attached hydrogen (secondary N) is 1. The summed E-state index contributed by atoms with van der Waals surface area (Å²) in [4.78, 5) is 11.9. The SMILES string of the molecule is O=C(COc1cc(C(F)(F)F)cc(C(F)(F)F)c1)Nc1ccccc1OC(F)F. The largest absolute Gasteiger partial charge is 0.484 e. The van der Waals surface area contributed by atoms with E-state index in [0.29, 0.717) is 12.1 Å². The molecule has 0 spiro atoms. The minimum atomic E-state index is -5.08. The average molecular weight is 429 g/mol. The molecule has 0 heterocycles. The zero-order valence-corrected chi connectivity index (χ0v) is 14.1. The van der Waals surface area contributed by atoms with Gasteiger partial charge in [0.25, 0.3) is 5.91 Å². The number of carbonyl (C=O) groups excluding carboxylic acids is 1. The first-order valence-electron chi connectivity index (χ1n) is 7.62. The molecule has 1 N–H and O–H groups in total. The second-order valence-corrected chi connectivity index (χ2v) is 5.45. The Kier molecular flexibility index (Phi) is 6.55. The van der Waals surface area contributed by atoms with Crippen molar-refractivity contribution in [2.45, 2.75) is 19.0 Å². The van der Waals surface area contributed by atoms with Crippen LogP contribution >= 0.6 is 0 Å². The lowest BCUT2D eigenvalue weighted by Crippen LogP contribution is -2.21. The zero-order chi connectivity index (χ0) is 21.8. The number of anilines is 1. The Balaban J connectivity index is 2.14. The van der Waals surface area contributed by atoms with E-state index in [4.69, 9.17) is 4.74 Å². The molecule has 0 bridgehead atoms. The third-order valence-electron chi connectivity index (χ3n) is 3.31. The van der Waals surface area contributed by atoms with E-state index in [0.717, 1.165) is 6.07 Å². The number of hydrogen-bond donors (Lipinski definition) is 1. The maximum atomic E-state index is 12.8. The van der Waals surface area contributed by atoms with E-state index in [9.17, 15) is 39.9 Å². The Hall–Kier alpha value is -3.05. The van der Waals surface area contributed by atoms with Crippen molar-refractivity contribution < 1.29 is 49.4 Å². The van der Waals surface area contributed by atoms with E-state index in [1.54, 1.807) is 0 Å². The highest BCUT2D eigenvalue weighted by molar-refractivity contribution is 5.93. The molecular formula is C17H11F8NO3. The smallest absolute Gasteiger partial charge is 0.416 e. The Morgan fingerprint density at radius 3 is 2.00 bits per heavy atom. The van der Waals surface area contributed by atoms with E-state index in [1.165, 1.54) is 18.2 Å². The molecule has 12 heteroatoms. The summed E-state index contributed by atoms with van der Waals surface area (Å²) < 4.78 is 110. The third kappa shape index (κ3) is 6.50. The topological polar surface area (TPSA) is 47.6 Å². The Bertz CT molecular complexity index is 832. The van der Waals surface area contributed by atoms with Crippen molar-refractivity contribution in [1.82, 2.24) is 0 Å². The van der Waals surface area contributed by atoms with Crippen molar-refractivity contribution in [1.29, 1.82) is 0 Å². The monoisotopic (exact) mass is 429 g/mol. The van der Waals surface area contributed by atoms with Crippen LogP contribution in [0.5, 0.6) is 11.5 Å². The van der Waals surface area contributed by atoms with E-state index in [1.807, 2.05) is 0 Å². The summed E-state index contributed by atoms with van der Waals surface area (Å²) in [5.41, 5.74) is -3.42. The van der Waals surface area contributed by atoms with Gasteiger partial charge in [0, 0.05) is 0 Å². The Morgan fingerprint density at radius 1 is 0.931 bits per heavy atom. The third-order valence-corrected chi connectivity index (χ3v) is 3.31. The lowest BCUT2D eigenvalue weighted by Gasteiger charge is -2.15. The fourth-order valence-corrected chi connectivity index (χ4v) is 2.11. The molecule has 0 atom stereocenters. The molecule has 2 aromatic rings. The molecule has 29 heavy (non-hydrogen) atoms. The predicted molar refractivity (Wildman–Crippen MR) is 83.6 cm³/mol. The second-order valence-electron chi connectivity index (χ2n) is 5.45. The second kappa shape index (κ2) is 8.53. The van der Waals surface area contributed by atoms with Crippen LogP contribution in [0.15, 0.2) is 42.5 Å². The normalized spacial score (nSPS) is 12.0. The van der Waals surface area contributed by atoms with Gasteiger partial charge in [-0.3, -0.25) is 4.79 Å². The van der Waals surface area contributed by atoms with Crippen LogP contribution in [0, 0.1) is 0 Å². The summed E-state index contributed by atoms with van der Waals surface area (Å²) in [5.74, 6) is -2.27. The van der Waals surface area contributed by atoms with Gasteiger partial charge in [0.2, 0.25) is 0 Å². The number of alkyl halides is 8. The summed E-state index contributed by atoms with van der Waals surface area (Å²) >= 11 is 0. The number of ether oxygens (including phenoxy) is 2. The summed E-state index contributed by atoms with van der Waals surface area (Å²) in [5, 5.41) is 2.11. The molecule has 0 aliphatic heterocycles. The maximum Gasteiger partial charge on any atom is 0.416 e. The van der Waals surface area contributed by atoms with Crippen LogP contribution in [0.25, 0.3) is 0 Å². The molecule has 4 nitrogen and oxygen atoms in total. The summed E-state index contributed by atoms with van der Waals surface area (Å²) in [6, 6.07) is 5.53. The Morgan fingerprint density at radius 2 is 1.48 bits per heavy atom. The van der Waals surface area contributed by atoms with Crippen LogP contribution in [0.2, 0.25) is 0 Å². The van der Waals surface area contributed by atoms with E-state index >= 15 is 0 Å². The molecule has 2 rings (SSSR count). The van der Waals surface area contributed by atoms with E-state index in [-0.39, 0.29) is 11.8 Å². The van der Waals surface area contributed by atoms with Crippen molar-refractivity contribution in [3.63, 3.8) is 0 Å². The fraction of sp³-hybridized carbons (Fsp3) is 0.235. The van der Waals surface area contributed by atoms with Gasteiger partial charge in [-0.2, -0.15) is 35.1 Å². The van der Waals surface area contributed by atoms with Gasteiger partial charge in [-0.25, -0.2) is 0 Å². The number of para-hydroxylation sites is 2. The molecule has 0 saturated heterocycles. The molecule has 0 radical (unpaired) electrons. The number of benzene rings is 2. The van der Waals surface area contributed by atoms with Gasteiger partial charge < -0.3 is 14.8 Å². The number of rotatable bonds is 6. The van der Waals surface area contributed by atoms with Crippen LogP contribution in [0.3, 0.4) is 0 Å². The quantitative estimate of drug-likeness (QED) is 0.631. The molecular weight excluding hydrogens is 418 g/mol. The highest BCUT2D eigenvalue weighted by atomic mass is 19.4. The van der Waals surface area contributed by atoms with Crippen molar-refractivity contribution in [2.75, 3.05) is 11.9 Å². The van der Waals surface area contributed by atoms with Crippen molar-refractivity contribution >= 4 is 11.6 Å². The van der Waals surface area contributed by atoms with Gasteiger partial charge in [0.15, 0.2) is 6.61 Å². The summed E-state index contributed by atoms with van der Waals surface area (Å²) in [6.07, 6.45) is -10.2. The van der Waals surface area contributed by atoms with Crippen molar-refractivity contribution in [3.05, 3.63) is 53.6 Å². The first-order chi connectivity index (χ1) is 13.4. The van der Waals surface area contributed by atoms with Gasteiger partial charge in [0.1, 0.15) is 11.5 Å². The average Bonchev–Trinajstić information content (AvgIpc) is 2.59. The minimum absolute atomic E-state index is 0.0924. The van der Waals surface area contributed by atoms with E-state index < -0.39 is 54.1 Å². The predicted octanol–water partition coefficient (Wildman–Crippen LogP) is 5.34. The summed E-state index contributed by atoms with van der Waals surface area (Å²) in [7, 11) is 0. The highest BCUT2D eigenvalue weighted by Gasteiger charge is 2.37. The molecule has 2 aromatic carbocycles. The summed E-state index contributed by atoms with van der Waals surface area (Å²) in [6.45, 7) is -4.17. The van der Waals surface area contributed by atoms with Gasteiger partial charge in [-0.05, 0) is 30.3 Å². The fourth-order valence-electron chi connectivity index (χ4n) is 2.11. The van der Waals surface area contributed by atoms with Crippen LogP contribution < -0.4 is 14.8 Å². The molecule has 158 valence electrons. The van der Waals surface area contributed by atoms with E-state index in [2.05, 4.69) is 10.1 Å². The van der Waals surface area contributed by atoms with Crippen LogP contribution in [0.4, 0.5) is 40.8 Å². The maximum absolute atomic E-state index is 12.8. The van der Waals surface area contributed by atoms with Crippen LogP contribution in [-0.2, 0) is 17.1 Å². The Labute approximate surface area is 158 Å². The number of halogens is 8. The molecule has 0 aromatic heterocycles. The molecule has 0 unspecified atom stereocenters. The minimum Gasteiger partial charge on any atom is -0.484 e. The van der Waals surface area contributed by atoms with Gasteiger partial charge in [-0.1, -0.05) is 12.1 Å². The van der Waals surface area contributed by atoms with Gasteiger partial charge in [0.05, 0.1) is 16.8 Å². The standard InChI is InChI=1S/C17H11F8NO3/c18-15(19)29-13-4-2-1-3-12(13)26-14(27)8-28-11-6-9(16(20,21)22)5-10(7-11)17(23,24)25/h1-7,15H,8H2,(H,26,27). The molecule has 0 saturated carbocycles. The molecule has 0 aliphatic carbocycles. The number of hydrogen-bond acceptors (Lipinski definition) is 3. The van der Waals surface area contributed by atoms with Crippen LogP contribution in [-0.4, -0.2) is 19.1 Å². The first kappa shape index (κ1) is 22.2. The van der Waals surface area contributed by atoms with Crippen molar-refractivity contribution in [3.8, 4) is 11.5 Å². The molecule has 1 amide bonds. The number of carbonyl (C=O) groups is 1. The highest BCUT2D eigenvalue weighted by Crippen LogP contribution is 2.38. The van der Waals surface area contributed by atoms with Gasteiger partial charge >= 0.3 is 19.0 Å². The lowest BCUT2D eigenvalue weighted by atomic mass is 10.1. The van der Waals surface area contributed by atoms with Gasteiger partial charge in [-0.15, -0.1) is 0 Å². The first-order valence-corrected chi connectivity index (χ1v) is 7.62. The lowest BCUT2D eigenvalue weighted by molar-refractivity contribution is -0.143. The van der Waals surface area contributed by atoms with Crippen LogP contribution in [0.1, 0.15) is 11.1 Å². The molecule has 0 aliphatic rings. The number of amides is 1.